The van der Waals surface area contributed by atoms with E-state index in [-0.39, 0.29) is 0 Å². The monoisotopic (exact) mass is 151 g/mol. The molecule has 60 valence electrons. The van der Waals surface area contributed by atoms with Crippen LogP contribution < -0.4 is 0 Å². The van der Waals surface area contributed by atoms with Gasteiger partial charge in [0.2, 0.25) is 0 Å². The zero-order valence-electron chi connectivity index (χ0n) is 6.77. The summed E-state index contributed by atoms with van der Waals surface area (Å²) in [4.78, 5) is 2.41. The van der Waals surface area contributed by atoms with Crippen LogP contribution in [0.4, 0.5) is 0 Å². The molecule has 1 aliphatic rings. The largest absolute Gasteiger partial charge is 0.299 e. The molecule has 1 aromatic heterocycles. The Balaban J connectivity index is 1.92. The predicted molar refractivity (Wildman–Crippen MR) is 43.4 cm³/mol. The molecule has 1 fully saturated rings. The second kappa shape index (κ2) is 2.66. The molecule has 0 bridgehead atoms. The maximum atomic E-state index is 4.20. The molecule has 0 unspecified atom stereocenters. The van der Waals surface area contributed by atoms with Gasteiger partial charge in [0.05, 0.1) is 6.04 Å². The third-order valence-electron chi connectivity index (χ3n) is 2.28. The van der Waals surface area contributed by atoms with Gasteiger partial charge < -0.3 is 0 Å². The number of rotatable bonds is 2. The summed E-state index contributed by atoms with van der Waals surface area (Å²) >= 11 is 0. The molecule has 1 aliphatic heterocycles. The van der Waals surface area contributed by atoms with Crippen molar-refractivity contribution >= 4 is 0 Å². The van der Waals surface area contributed by atoms with Crippen LogP contribution >= 0.6 is 0 Å². The van der Waals surface area contributed by atoms with Gasteiger partial charge in [0, 0.05) is 25.5 Å². The third-order valence-corrected chi connectivity index (χ3v) is 2.28. The Morgan fingerprint density at radius 3 is 2.91 bits per heavy atom. The highest BCUT2D eigenvalue weighted by atomic mass is 15.4. The minimum absolute atomic E-state index is 0.630. The Morgan fingerprint density at radius 1 is 1.55 bits per heavy atom. The first-order valence-corrected chi connectivity index (χ1v) is 4.11. The molecule has 0 saturated carbocycles. The molecular weight excluding hydrogens is 138 g/mol. The lowest BCUT2D eigenvalue weighted by Crippen LogP contribution is -2.47. The Kier molecular flexibility index (Phi) is 1.66. The van der Waals surface area contributed by atoms with E-state index in [4.69, 9.17) is 0 Å². The van der Waals surface area contributed by atoms with Gasteiger partial charge in [-0.15, -0.1) is 0 Å². The summed E-state index contributed by atoms with van der Waals surface area (Å²) in [5.41, 5.74) is 0. The van der Waals surface area contributed by atoms with Crippen LogP contribution in [-0.2, 0) is 0 Å². The van der Waals surface area contributed by atoms with E-state index >= 15 is 0 Å². The fraction of sp³-hybridized carbons (Fsp3) is 0.625. The number of aromatic nitrogens is 2. The third kappa shape index (κ3) is 1.16. The minimum Gasteiger partial charge on any atom is -0.299 e. The van der Waals surface area contributed by atoms with Crippen LogP contribution in [0.1, 0.15) is 13.0 Å². The van der Waals surface area contributed by atoms with Crippen molar-refractivity contribution in [2.24, 2.45) is 0 Å². The molecule has 0 atom stereocenters. The van der Waals surface area contributed by atoms with E-state index in [9.17, 15) is 0 Å². The van der Waals surface area contributed by atoms with Gasteiger partial charge in [0.1, 0.15) is 0 Å². The van der Waals surface area contributed by atoms with Gasteiger partial charge in [0.25, 0.3) is 0 Å². The van der Waals surface area contributed by atoms with Crippen LogP contribution in [0, 0.1) is 0 Å². The van der Waals surface area contributed by atoms with Crippen molar-refractivity contribution in [3.8, 4) is 0 Å². The van der Waals surface area contributed by atoms with E-state index in [1.165, 1.54) is 0 Å². The maximum Gasteiger partial charge on any atom is 0.0772 e. The Labute approximate surface area is 66.6 Å². The van der Waals surface area contributed by atoms with Gasteiger partial charge in [-0.05, 0) is 12.6 Å². The van der Waals surface area contributed by atoms with Crippen molar-refractivity contribution in [1.29, 1.82) is 0 Å². The fourth-order valence-corrected chi connectivity index (χ4v) is 1.46. The van der Waals surface area contributed by atoms with Crippen molar-refractivity contribution < 1.29 is 0 Å². The Hall–Kier alpha value is -0.830. The smallest absolute Gasteiger partial charge is 0.0772 e. The standard InChI is InChI=1S/C8H13N3/c1-2-10-6-8(7-10)11-5-3-4-9-11/h3-5,8H,2,6-7H2,1H3. The molecule has 1 aromatic rings. The molecule has 0 radical (unpaired) electrons. The molecule has 2 rings (SSSR count). The van der Waals surface area contributed by atoms with Crippen molar-refractivity contribution in [2.75, 3.05) is 19.6 Å². The fourth-order valence-electron chi connectivity index (χ4n) is 1.46. The van der Waals surface area contributed by atoms with Crippen molar-refractivity contribution in [2.45, 2.75) is 13.0 Å². The van der Waals surface area contributed by atoms with Gasteiger partial charge in [0.15, 0.2) is 0 Å². The summed E-state index contributed by atoms with van der Waals surface area (Å²) in [6, 6.07) is 2.61. The molecule has 0 N–H and O–H groups in total. The highest BCUT2D eigenvalue weighted by Crippen LogP contribution is 2.18. The average molecular weight is 151 g/mol. The summed E-state index contributed by atoms with van der Waals surface area (Å²) in [5, 5.41) is 4.20. The average Bonchev–Trinajstić information content (AvgIpc) is 2.37. The molecule has 11 heavy (non-hydrogen) atoms. The zero-order chi connectivity index (χ0) is 7.68. The normalized spacial score (nSPS) is 20.1. The highest BCUT2D eigenvalue weighted by Gasteiger charge is 2.26. The first kappa shape index (κ1) is 6.85. The Morgan fingerprint density at radius 2 is 2.36 bits per heavy atom. The van der Waals surface area contributed by atoms with E-state index in [1.807, 2.05) is 23.1 Å². The summed E-state index contributed by atoms with van der Waals surface area (Å²) < 4.78 is 2.05. The van der Waals surface area contributed by atoms with Crippen LogP contribution in [0.2, 0.25) is 0 Å². The molecule has 3 heteroatoms. The number of likely N-dealkylation sites (N-methyl/N-ethyl adjacent to an activating group) is 1. The van der Waals surface area contributed by atoms with Gasteiger partial charge in [-0.25, -0.2) is 0 Å². The lowest BCUT2D eigenvalue weighted by atomic mass is 10.1. The van der Waals surface area contributed by atoms with E-state index in [1.54, 1.807) is 0 Å². The quantitative estimate of drug-likeness (QED) is 0.622. The predicted octanol–water partition coefficient (Wildman–Crippen LogP) is 0.760. The summed E-state index contributed by atoms with van der Waals surface area (Å²) in [5.74, 6) is 0. The van der Waals surface area contributed by atoms with Gasteiger partial charge in [-0.3, -0.25) is 9.58 Å². The van der Waals surface area contributed by atoms with Crippen LogP contribution in [0.15, 0.2) is 18.5 Å². The second-order valence-corrected chi connectivity index (χ2v) is 2.99. The van der Waals surface area contributed by atoms with Gasteiger partial charge in [-0.2, -0.15) is 5.10 Å². The molecular formula is C8H13N3. The van der Waals surface area contributed by atoms with E-state index in [0.29, 0.717) is 6.04 Å². The topological polar surface area (TPSA) is 21.1 Å². The van der Waals surface area contributed by atoms with E-state index < -0.39 is 0 Å². The van der Waals surface area contributed by atoms with Crippen LogP contribution in [0.3, 0.4) is 0 Å². The van der Waals surface area contributed by atoms with Gasteiger partial charge >= 0.3 is 0 Å². The summed E-state index contributed by atoms with van der Waals surface area (Å²) in [7, 11) is 0. The molecule has 0 spiro atoms. The lowest BCUT2D eigenvalue weighted by Gasteiger charge is -2.38. The summed E-state index contributed by atoms with van der Waals surface area (Å²) in [6.45, 7) is 5.69. The molecule has 0 aliphatic carbocycles. The van der Waals surface area contributed by atoms with E-state index in [0.717, 1.165) is 19.6 Å². The molecule has 0 aromatic carbocycles. The highest BCUT2D eigenvalue weighted by molar-refractivity contribution is 4.88. The SMILES string of the molecule is CCN1CC(n2cccn2)C1. The second-order valence-electron chi connectivity index (χ2n) is 2.99. The first-order valence-electron chi connectivity index (χ1n) is 4.11. The van der Waals surface area contributed by atoms with Crippen molar-refractivity contribution in [3.63, 3.8) is 0 Å². The van der Waals surface area contributed by atoms with E-state index in [2.05, 4.69) is 16.9 Å². The Bertz CT molecular complexity index is 211. The van der Waals surface area contributed by atoms with Gasteiger partial charge in [-0.1, -0.05) is 6.92 Å². The van der Waals surface area contributed by atoms with Crippen molar-refractivity contribution in [3.05, 3.63) is 18.5 Å². The van der Waals surface area contributed by atoms with Crippen molar-refractivity contribution in [1.82, 2.24) is 14.7 Å². The first-order chi connectivity index (χ1) is 5.40. The zero-order valence-corrected chi connectivity index (χ0v) is 6.77. The molecule has 1 saturated heterocycles. The maximum absolute atomic E-state index is 4.20. The molecule has 2 heterocycles. The number of nitrogens with zero attached hydrogens (tertiary/aromatic N) is 3. The lowest BCUT2D eigenvalue weighted by molar-refractivity contribution is 0.105. The molecule has 3 nitrogen and oxygen atoms in total. The van der Waals surface area contributed by atoms with Crippen LogP contribution in [-0.4, -0.2) is 34.3 Å². The summed E-state index contributed by atoms with van der Waals surface area (Å²) in [6.07, 6.45) is 3.88. The number of hydrogen-bond donors (Lipinski definition) is 0. The molecule has 0 amide bonds. The minimum atomic E-state index is 0.630. The van der Waals surface area contributed by atoms with Crippen LogP contribution in [0.5, 0.6) is 0 Å². The van der Waals surface area contributed by atoms with Crippen LogP contribution in [0.25, 0.3) is 0 Å². The number of hydrogen-bond acceptors (Lipinski definition) is 2. The number of likely N-dealkylation sites (tertiary alicyclic amines) is 1.